The molecule has 0 aliphatic rings. The van der Waals surface area contributed by atoms with Crippen LogP contribution in [0.25, 0.3) is 0 Å². The van der Waals surface area contributed by atoms with Gasteiger partial charge >= 0.3 is 6.09 Å². The van der Waals surface area contributed by atoms with E-state index < -0.39 is 0 Å². The molecule has 5 heteroatoms. The molecule has 17 heavy (non-hydrogen) atoms. The highest BCUT2D eigenvalue weighted by molar-refractivity contribution is 5.68. The summed E-state index contributed by atoms with van der Waals surface area (Å²) in [6, 6.07) is 0. The first-order valence-corrected chi connectivity index (χ1v) is 5.95. The monoisotopic (exact) mass is 239 g/mol. The fourth-order valence-electron chi connectivity index (χ4n) is 1.25. The molecule has 5 nitrogen and oxygen atoms in total. The van der Waals surface area contributed by atoms with Crippen LogP contribution in [0.3, 0.4) is 0 Å². The van der Waals surface area contributed by atoms with Crippen molar-refractivity contribution in [2.75, 3.05) is 6.61 Å². The fraction of sp³-hybridized carbons (Fsp3) is 0.667. The maximum absolute atomic E-state index is 11.4. The van der Waals surface area contributed by atoms with Gasteiger partial charge in [0.1, 0.15) is 0 Å². The van der Waals surface area contributed by atoms with Crippen molar-refractivity contribution in [3.8, 4) is 0 Å². The van der Waals surface area contributed by atoms with Crippen molar-refractivity contribution in [2.24, 2.45) is 0 Å². The molecular formula is C12H21N3O2. The Bertz CT molecular complexity index is 334. The van der Waals surface area contributed by atoms with Gasteiger partial charge < -0.3 is 15.0 Å². The second kappa shape index (κ2) is 6.27. The normalized spacial score (nSPS) is 11.2. The molecule has 0 radical (unpaired) electrons. The van der Waals surface area contributed by atoms with Crippen molar-refractivity contribution in [3.05, 3.63) is 18.2 Å². The lowest BCUT2D eigenvalue weighted by atomic mass is 10.0. The fourth-order valence-corrected chi connectivity index (χ4v) is 1.25. The van der Waals surface area contributed by atoms with Crippen LogP contribution in [-0.2, 0) is 11.2 Å². The van der Waals surface area contributed by atoms with Crippen molar-refractivity contribution in [2.45, 2.75) is 45.6 Å². The molecule has 0 atom stereocenters. The molecule has 1 rings (SSSR count). The van der Waals surface area contributed by atoms with Crippen molar-refractivity contribution in [3.63, 3.8) is 0 Å². The standard InChI is InChI=1S/C12H21N3O2/c1-4-12(2,3)15-11(16)17-7-5-6-10-8-13-9-14-10/h8-9H,4-7H2,1-3H3,(H,13,14)(H,15,16). The lowest BCUT2D eigenvalue weighted by Gasteiger charge is -2.23. The first-order chi connectivity index (χ1) is 8.03. The quantitative estimate of drug-likeness (QED) is 0.748. The molecule has 0 unspecified atom stereocenters. The zero-order chi connectivity index (χ0) is 12.7. The van der Waals surface area contributed by atoms with Crippen LogP contribution in [-0.4, -0.2) is 28.2 Å². The van der Waals surface area contributed by atoms with Crippen molar-refractivity contribution in [1.82, 2.24) is 15.3 Å². The molecule has 2 N–H and O–H groups in total. The third-order valence-electron chi connectivity index (χ3n) is 2.70. The van der Waals surface area contributed by atoms with Gasteiger partial charge in [-0.3, -0.25) is 0 Å². The molecule has 0 saturated heterocycles. The number of aromatic amines is 1. The molecule has 0 saturated carbocycles. The number of ether oxygens (including phenoxy) is 1. The summed E-state index contributed by atoms with van der Waals surface area (Å²) in [5.41, 5.74) is 0.850. The molecule has 0 fully saturated rings. The lowest BCUT2D eigenvalue weighted by molar-refractivity contribution is 0.134. The maximum atomic E-state index is 11.4. The van der Waals surface area contributed by atoms with E-state index in [-0.39, 0.29) is 11.6 Å². The first kappa shape index (κ1) is 13.5. The van der Waals surface area contributed by atoms with Gasteiger partial charge in [-0.2, -0.15) is 0 Å². The second-order valence-corrected chi connectivity index (χ2v) is 4.68. The zero-order valence-corrected chi connectivity index (χ0v) is 10.7. The summed E-state index contributed by atoms with van der Waals surface area (Å²) in [6.45, 7) is 6.39. The number of amides is 1. The molecule has 1 amide bonds. The Hall–Kier alpha value is -1.52. The Morgan fingerprint density at radius 3 is 2.94 bits per heavy atom. The average molecular weight is 239 g/mol. The van der Waals surface area contributed by atoms with Gasteiger partial charge in [0, 0.05) is 17.4 Å². The van der Waals surface area contributed by atoms with Gasteiger partial charge in [0.2, 0.25) is 0 Å². The SMILES string of the molecule is CCC(C)(C)NC(=O)OCCCc1cnc[nH]1. The highest BCUT2D eigenvalue weighted by atomic mass is 16.5. The molecule has 0 bridgehead atoms. The van der Waals surface area contributed by atoms with Crippen LogP contribution in [0.1, 0.15) is 39.3 Å². The van der Waals surface area contributed by atoms with E-state index in [1.807, 2.05) is 20.8 Å². The van der Waals surface area contributed by atoms with Crippen LogP contribution < -0.4 is 5.32 Å². The Morgan fingerprint density at radius 1 is 1.59 bits per heavy atom. The van der Waals surface area contributed by atoms with Crippen LogP contribution in [0, 0.1) is 0 Å². The summed E-state index contributed by atoms with van der Waals surface area (Å²) in [6.07, 6.45) is 5.58. The van der Waals surface area contributed by atoms with Gasteiger partial charge in [0.15, 0.2) is 0 Å². The highest BCUT2D eigenvalue weighted by Crippen LogP contribution is 2.07. The zero-order valence-electron chi connectivity index (χ0n) is 10.7. The number of rotatable bonds is 6. The van der Waals surface area contributed by atoms with E-state index in [1.165, 1.54) is 0 Å². The number of carbonyl (C=O) groups is 1. The molecule has 1 aromatic heterocycles. The summed E-state index contributed by atoms with van der Waals surface area (Å²) in [7, 11) is 0. The molecule has 1 aromatic rings. The molecule has 1 heterocycles. The third kappa shape index (κ3) is 5.38. The van der Waals surface area contributed by atoms with E-state index in [0.29, 0.717) is 6.61 Å². The maximum Gasteiger partial charge on any atom is 0.407 e. The minimum absolute atomic E-state index is 0.208. The largest absolute Gasteiger partial charge is 0.450 e. The minimum atomic E-state index is -0.346. The number of aryl methyl sites for hydroxylation is 1. The van der Waals surface area contributed by atoms with E-state index in [0.717, 1.165) is 25.0 Å². The Morgan fingerprint density at radius 2 is 2.35 bits per heavy atom. The smallest absolute Gasteiger partial charge is 0.407 e. The summed E-state index contributed by atoms with van der Waals surface area (Å²) >= 11 is 0. The molecule has 0 aromatic carbocycles. The minimum Gasteiger partial charge on any atom is -0.450 e. The van der Waals surface area contributed by atoms with Crippen LogP contribution in [0.2, 0.25) is 0 Å². The van der Waals surface area contributed by atoms with E-state index in [1.54, 1.807) is 12.5 Å². The van der Waals surface area contributed by atoms with Crippen LogP contribution in [0.15, 0.2) is 12.5 Å². The number of H-pyrrole nitrogens is 1. The number of carbonyl (C=O) groups excluding carboxylic acids is 1. The number of hydrogen-bond donors (Lipinski definition) is 2. The van der Waals surface area contributed by atoms with Gasteiger partial charge in [0.25, 0.3) is 0 Å². The number of nitrogens with one attached hydrogen (secondary N) is 2. The Kier molecular flexibility index (Phi) is 5.00. The van der Waals surface area contributed by atoms with Gasteiger partial charge in [-0.1, -0.05) is 6.92 Å². The Labute approximate surface area is 102 Å². The predicted octanol–water partition coefficient (Wildman–Crippen LogP) is 2.26. The first-order valence-electron chi connectivity index (χ1n) is 5.95. The topological polar surface area (TPSA) is 67.0 Å². The number of nitrogens with zero attached hydrogens (tertiary/aromatic N) is 1. The van der Waals surface area contributed by atoms with Gasteiger partial charge in [0.05, 0.1) is 12.9 Å². The highest BCUT2D eigenvalue weighted by Gasteiger charge is 2.18. The third-order valence-corrected chi connectivity index (χ3v) is 2.70. The lowest BCUT2D eigenvalue weighted by Crippen LogP contribution is -2.43. The number of hydrogen-bond acceptors (Lipinski definition) is 3. The molecule has 0 aliphatic carbocycles. The molecule has 0 aliphatic heterocycles. The summed E-state index contributed by atoms with van der Waals surface area (Å²) < 4.78 is 5.09. The van der Waals surface area contributed by atoms with E-state index in [9.17, 15) is 4.79 Å². The molecular weight excluding hydrogens is 218 g/mol. The second-order valence-electron chi connectivity index (χ2n) is 4.68. The van der Waals surface area contributed by atoms with Gasteiger partial charge in [-0.05, 0) is 33.1 Å². The summed E-state index contributed by atoms with van der Waals surface area (Å²) in [4.78, 5) is 18.4. The average Bonchev–Trinajstić information content (AvgIpc) is 2.77. The van der Waals surface area contributed by atoms with Gasteiger partial charge in [-0.25, -0.2) is 9.78 Å². The number of imidazole rings is 1. The van der Waals surface area contributed by atoms with Crippen LogP contribution >= 0.6 is 0 Å². The summed E-state index contributed by atoms with van der Waals surface area (Å²) in [5.74, 6) is 0. The molecule has 0 spiro atoms. The predicted molar refractivity (Wildman–Crippen MR) is 65.8 cm³/mol. The van der Waals surface area contributed by atoms with Crippen molar-refractivity contribution >= 4 is 6.09 Å². The van der Waals surface area contributed by atoms with E-state index in [4.69, 9.17) is 4.74 Å². The van der Waals surface area contributed by atoms with Crippen LogP contribution in [0.4, 0.5) is 4.79 Å². The molecule has 96 valence electrons. The van der Waals surface area contributed by atoms with E-state index in [2.05, 4.69) is 15.3 Å². The van der Waals surface area contributed by atoms with Gasteiger partial charge in [-0.15, -0.1) is 0 Å². The Balaban J connectivity index is 2.12. The van der Waals surface area contributed by atoms with Crippen LogP contribution in [0.5, 0.6) is 0 Å². The number of aromatic nitrogens is 2. The van der Waals surface area contributed by atoms with Crippen molar-refractivity contribution < 1.29 is 9.53 Å². The van der Waals surface area contributed by atoms with E-state index >= 15 is 0 Å². The number of alkyl carbamates (subject to hydrolysis) is 1. The van der Waals surface area contributed by atoms with Crippen molar-refractivity contribution in [1.29, 1.82) is 0 Å². The summed E-state index contributed by atoms with van der Waals surface area (Å²) in [5, 5.41) is 2.82.